The topological polar surface area (TPSA) is 42.4 Å². The largest absolute Gasteiger partial charge is 0.473 e. The molecule has 18 heavy (non-hydrogen) atoms. The predicted molar refractivity (Wildman–Crippen MR) is 71.8 cm³/mol. The number of aliphatic hydroxyl groups is 1. The van der Waals surface area contributed by atoms with Crippen molar-refractivity contribution in [2.75, 3.05) is 0 Å². The van der Waals surface area contributed by atoms with Gasteiger partial charge in [-0.15, -0.1) is 0 Å². The molecule has 1 fully saturated rings. The first-order valence-corrected chi connectivity index (χ1v) is 6.88. The fourth-order valence-corrected chi connectivity index (χ4v) is 3.00. The molecule has 3 nitrogen and oxygen atoms in total. The minimum Gasteiger partial charge on any atom is -0.473 e. The van der Waals surface area contributed by atoms with Gasteiger partial charge in [0.05, 0.1) is 6.61 Å². The van der Waals surface area contributed by atoms with Gasteiger partial charge in [-0.2, -0.15) is 0 Å². The van der Waals surface area contributed by atoms with Gasteiger partial charge in [-0.05, 0) is 42.7 Å². The predicted octanol–water partition coefficient (Wildman–Crippen LogP) is 3.43. The SMILES string of the molecule is CC1CC(C)CC(Oc2ncc(CO)cc2Cl)C1. The summed E-state index contributed by atoms with van der Waals surface area (Å²) in [5.74, 6) is 1.86. The van der Waals surface area contributed by atoms with E-state index in [1.54, 1.807) is 12.3 Å². The monoisotopic (exact) mass is 269 g/mol. The molecule has 0 spiro atoms. The highest BCUT2D eigenvalue weighted by Crippen LogP contribution is 2.32. The summed E-state index contributed by atoms with van der Waals surface area (Å²) in [5, 5.41) is 9.48. The van der Waals surface area contributed by atoms with Gasteiger partial charge in [-0.25, -0.2) is 4.98 Å². The van der Waals surface area contributed by atoms with Crippen LogP contribution in [0.2, 0.25) is 5.02 Å². The number of halogens is 1. The van der Waals surface area contributed by atoms with Crippen LogP contribution in [0.5, 0.6) is 5.88 Å². The number of hydrogen-bond acceptors (Lipinski definition) is 3. The summed E-state index contributed by atoms with van der Waals surface area (Å²) in [5.41, 5.74) is 0.706. The van der Waals surface area contributed by atoms with Gasteiger partial charge in [0.15, 0.2) is 0 Å². The number of aliphatic hydroxyl groups excluding tert-OH is 1. The van der Waals surface area contributed by atoms with Crippen LogP contribution in [-0.4, -0.2) is 16.2 Å². The van der Waals surface area contributed by atoms with E-state index in [4.69, 9.17) is 21.4 Å². The highest BCUT2D eigenvalue weighted by Gasteiger charge is 2.26. The van der Waals surface area contributed by atoms with Crippen LogP contribution in [0.3, 0.4) is 0 Å². The number of hydrogen-bond donors (Lipinski definition) is 1. The second-order valence-corrected chi connectivity index (χ2v) is 5.85. The van der Waals surface area contributed by atoms with Gasteiger partial charge in [0.25, 0.3) is 0 Å². The summed E-state index contributed by atoms with van der Waals surface area (Å²) in [4.78, 5) is 4.18. The number of aromatic nitrogens is 1. The Hall–Kier alpha value is -0.800. The fourth-order valence-electron chi connectivity index (χ4n) is 2.77. The van der Waals surface area contributed by atoms with Crippen LogP contribution in [0.25, 0.3) is 0 Å². The molecule has 4 heteroatoms. The van der Waals surface area contributed by atoms with E-state index in [0.717, 1.165) is 12.8 Å². The first-order valence-electron chi connectivity index (χ1n) is 6.50. The van der Waals surface area contributed by atoms with E-state index in [1.807, 2.05) is 0 Å². The van der Waals surface area contributed by atoms with Crippen molar-refractivity contribution in [3.63, 3.8) is 0 Å². The zero-order valence-corrected chi connectivity index (χ0v) is 11.7. The average molecular weight is 270 g/mol. The number of rotatable bonds is 3. The van der Waals surface area contributed by atoms with Gasteiger partial charge >= 0.3 is 0 Å². The van der Waals surface area contributed by atoms with Crippen molar-refractivity contribution in [1.29, 1.82) is 0 Å². The molecule has 100 valence electrons. The zero-order chi connectivity index (χ0) is 13.1. The third kappa shape index (κ3) is 3.36. The molecule has 1 saturated carbocycles. The molecule has 2 unspecified atom stereocenters. The molecule has 0 aromatic carbocycles. The van der Waals surface area contributed by atoms with Crippen LogP contribution in [0.4, 0.5) is 0 Å². The van der Waals surface area contributed by atoms with Gasteiger partial charge in [-0.1, -0.05) is 25.4 Å². The standard InChI is InChI=1S/C14H20ClNO2/c1-9-3-10(2)5-12(4-9)18-14-13(15)6-11(8-17)7-16-14/h6-7,9-10,12,17H,3-5,8H2,1-2H3. The van der Waals surface area contributed by atoms with Crippen molar-refractivity contribution in [1.82, 2.24) is 4.98 Å². The lowest BCUT2D eigenvalue weighted by atomic mass is 9.82. The molecule has 1 aromatic heterocycles. The van der Waals surface area contributed by atoms with E-state index < -0.39 is 0 Å². The van der Waals surface area contributed by atoms with Crippen LogP contribution < -0.4 is 4.74 Å². The lowest BCUT2D eigenvalue weighted by Crippen LogP contribution is -2.28. The van der Waals surface area contributed by atoms with Crippen molar-refractivity contribution < 1.29 is 9.84 Å². The quantitative estimate of drug-likeness (QED) is 0.914. The number of nitrogens with zero attached hydrogens (tertiary/aromatic N) is 1. The van der Waals surface area contributed by atoms with Crippen molar-refractivity contribution in [3.05, 3.63) is 22.8 Å². The molecule has 1 aromatic rings. The van der Waals surface area contributed by atoms with Crippen molar-refractivity contribution >= 4 is 11.6 Å². The summed E-state index contributed by atoms with van der Waals surface area (Å²) < 4.78 is 5.90. The normalized spacial score (nSPS) is 28.1. The van der Waals surface area contributed by atoms with Gasteiger partial charge < -0.3 is 9.84 Å². The molecule has 2 rings (SSSR count). The van der Waals surface area contributed by atoms with Crippen LogP contribution in [0.15, 0.2) is 12.3 Å². The molecule has 2 atom stereocenters. The summed E-state index contributed by atoms with van der Waals surface area (Å²) in [6.07, 6.45) is 5.20. The van der Waals surface area contributed by atoms with Crippen LogP contribution in [-0.2, 0) is 6.61 Å². The van der Waals surface area contributed by atoms with E-state index in [0.29, 0.717) is 28.3 Å². The summed E-state index contributed by atoms with van der Waals surface area (Å²) in [7, 11) is 0. The van der Waals surface area contributed by atoms with E-state index in [-0.39, 0.29) is 12.7 Å². The number of ether oxygens (including phenoxy) is 1. The molecule has 0 bridgehead atoms. The molecule has 1 aliphatic carbocycles. The van der Waals surface area contributed by atoms with Crippen molar-refractivity contribution in [3.8, 4) is 5.88 Å². The molecule has 0 radical (unpaired) electrons. The summed E-state index contributed by atoms with van der Waals surface area (Å²) >= 11 is 6.10. The first kappa shape index (κ1) is 13.6. The second-order valence-electron chi connectivity index (χ2n) is 5.45. The third-order valence-electron chi connectivity index (χ3n) is 3.46. The Balaban J connectivity index is 2.04. The Morgan fingerprint density at radius 1 is 1.33 bits per heavy atom. The minimum atomic E-state index is -0.0511. The van der Waals surface area contributed by atoms with Crippen LogP contribution >= 0.6 is 11.6 Å². The zero-order valence-electron chi connectivity index (χ0n) is 10.9. The molecular weight excluding hydrogens is 250 g/mol. The van der Waals surface area contributed by atoms with Crippen molar-refractivity contribution in [2.45, 2.75) is 45.8 Å². The smallest absolute Gasteiger partial charge is 0.232 e. The molecule has 1 heterocycles. The summed E-state index contributed by atoms with van der Waals surface area (Å²) in [6, 6.07) is 1.71. The molecule has 0 amide bonds. The van der Waals surface area contributed by atoms with Crippen LogP contribution in [0.1, 0.15) is 38.7 Å². The second kappa shape index (κ2) is 5.89. The first-order chi connectivity index (χ1) is 8.58. The Bertz CT molecular complexity index is 401. The molecule has 1 aliphatic rings. The van der Waals surface area contributed by atoms with Gasteiger partial charge in [-0.3, -0.25) is 0 Å². The third-order valence-corrected chi connectivity index (χ3v) is 3.73. The fraction of sp³-hybridized carbons (Fsp3) is 0.643. The van der Waals surface area contributed by atoms with Gasteiger partial charge in [0.2, 0.25) is 5.88 Å². The lowest BCUT2D eigenvalue weighted by molar-refractivity contribution is 0.0967. The van der Waals surface area contributed by atoms with E-state index >= 15 is 0 Å². The van der Waals surface area contributed by atoms with E-state index in [1.165, 1.54) is 6.42 Å². The maximum atomic E-state index is 9.00. The lowest BCUT2D eigenvalue weighted by Gasteiger charge is -2.31. The van der Waals surface area contributed by atoms with Crippen LogP contribution in [0, 0.1) is 11.8 Å². The molecular formula is C14H20ClNO2. The molecule has 0 saturated heterocycles. The van der Waals surface area contributed by atoms with Crippen molar-refractivity contribution in [2.24, 2.45) is 11.8 Å². The minimum absolute atomic E-state index is 0.0511. The number of pyridine rings is 1. The Kier molecular flexibility index (Phi) is 4.46. The van der Waals surface area contributed by atoms with Gasteiger partial charge in [0.1, 0.15) is 11.1 Å². The Morgan fingerprint density at radius 2 is 2.00 bits per heavy atom. The highest BCUT2D eigenvalue weighted by atomic mass is 35.5. The Morgan fingerprint density at radius 3 is 2.56 bits per heavy atom. The maximum absolute atomic E-state index is 9.00. The molecule has 0 aliphatic heterocycles. The van der Waals surface area contributed by atoms with E-state index in [2.05, 4.69) is 18.8 Å². The average Bonchev–Trinajstić information content (AvgIpc) is 2.30. The maximum Gasteiger partial charge on any atom is 0.232 e. The van der Waals surface area contributed by atoms with E-state index in [9.17, 15) is 0 Å². The summed E-state index contributed by atoms with van der Waals surface area (Å²) in [6.45, 7) is 4.47. The highest BCUT2D eigenvalue weighted by molar-refractivity contribution is 6.31. The Labute approximate surface area is 113 Å². The van der Waals surface area contributed by atoms with Gasteiger partial charge in [0, 0.05) is 6.20 Å². The molecule has 1 N–H and O–H groups in total.